The lowest BCUT2D eigenvalue weighted by Gasteiger charge is -1.96. The van der Waals surface area contributed by atoms with E-state index in [0.717, 1.165) is 0 Å². The first kappa shape index (κ1) is 10.8. The third-order valence-electron chi connectivity index (χ3n) is 2.17. The fraction of sp³-hybridized carbons (Fsp3) is 0.0833. The number of aromatic nitrogens is 1. The highest BCUT2D eigenvalue weighted by atomic mass is 35.5. The SMILES string of the molecule is Cc1noc(/C=C/c2ccccc2O)c1Cl. The van der Waals surface area contributed by atoms with Crippen molar-refractivity contribution in [1.29, 1.82) is 0 Å². The van der Waals surface area contributed by atoms with E-state index < -0.39 is 0 Å². The second-order valence-electron chi connectivity index (χ2n) is 3.34. The molecule has 1 aromatic heterocycles. The van der Waals surface area contributed by atoms with E-state index in [2.05, 4.69) is 5.16 Å². The summed E-state index contributed by atoms with van der Waals surface area (Å²) in [6, 6.07) is 7.01. The minimum atomic E-state index is 0.214. The van der Waals surface area contributed by atoms with Crippen LogP contribution < -0.4 is 0 Å². The molecule has 1 N–H and O–H groups in total. The fourth-order valence-electron chi connectivity index (χ4n) is 1.27. The molecule has 0 aliphatic rings. The number of benzene rings is 1. The molecule has 0 radical (unpaired) electrons. The zero-order valence-corrected chi connectivity index (χ0v) is 9.40. The Morgan fingerprint density at radius 3 is 2.69 bits per heavy atom. The Labute approximate surface area is 98.0 Å². The van der Waals surface area contributed by atoms with E-state index in [-0.39, 0.29) is 5.75 Å². The number of aryl methyl sites for hydroxylation is 1. The van der Waals surface area contributed by atoms with E-state index in [1.165, 1.54) is 0 Å². The fourth-order valence-corrected chi connectivity index (χ4v) is 1.41. The lowest BCUT2D eigenvalue weighted by molar-refractivity contribution is 0.408. The van der Waals surface area contributed by atoms with Gasteiger partial charge in [0.15, 0.2) is 5.76 Å². The molecule has 0 aliphatic heterocycles. The number of nitrogens with zero attached hydrogens (tertiary/aromatic N) is 1. The molecule has 0 fully saturated rings. The summed E-state index contributed by atoms with van der Waals surface area (Å²) in [4.78, 5) is 0. The maximum absolute atomic E-state index is 9.53. The first-order chi connectivity index (χ1) is 7.68. The monoisotopic (exact) mass is 235 g/mol. The molecule has 2 aromatic rings. The number of aromatic hydroxyl groups is 1. The second kappa shape index (κ2) is 4.41. The van der Waals surface area contributed by atoms with E-state index in [1.807, 2.05) is 6.07 Å². The number of rotatable bonds is 2. The van der Waals surface area contributed by atoms with Gasteiger partial charge in [0.2, 0.25) is 0 Å². The van der Waals surface area contributed by atoms with Crippen molar-refractivity contribution in [1.82, 2.24) is 5.16 Å². The van der Waals surface area contributed by atoms with Crippen molar-refractivity contribution in [2.24, 2.45) is 0 Å². The van der Waals surface area contributed by atoms with Crippen LogP contribution in [0.5, 0.6) is 5.75 Å². The number of hydrogen-bond acceptors (Lipinski definition) is 3. The highest BCUT2D eigenvalue weighted by molar-refractivity contribution is 6.32. The van der Waals surface area contributed by atoms with Crippen LogP contribution in [0.4, 0.5) is 0 Å². The summed E-state index contributed by atoms with van der Waals surface area (Å²) in [5.41, 5.74) is 1.35. The van der Waals surface area contributed by atoms with Gasteiger partial charge in [-0.05, 0) is 25.1 Å². The first-order valence-electron chi connectivity index (χ1n) is 4.76. The average molecular weight is 236 g/mol. The topological polar surface area (TPSA) is 46.3 Å². The Balaban J connectivity index is 2.28. The number of phenolic OH excluding ortho intramolecular Hbond substituents is 1. The van der Waals surface area contributed by atoms with Gasteiger partial charge in [-0.25, -0.2) is 0 Å². The van der Waals surface area contributed by atoms with Crippen molar-refractivity contribution < 1.29 is 9.63 Å². The van der Waals surface area contributed by atoms with Crippen LogP contribution in [0, 0.1) is 6.92 Å². The molecule has 0 saturated heterocycles. The van der Waals surface area contributed by atoms with E-state index in [1.54, 1.807) is 37.3 Å². The summed E-state index contributed by atoms with van der Waals surface area (Å²) < 4.78 is 5.01. The molecule has 4 heteroatoms. The number of hydrogen-bond donors (Lipinski definition) is 1. The van der Waals surface area contributed by atoms with Crippen molar-refractivity contribution in [2.45, 2.75) is 6.92 Å². The Morgan fingerprint density at radius 1 is 1.31 bits per heavy atom. The van der Waals surface area contributed by atoms with Gasteiger partial charge in [-0.1, -0.05) is 35.0 Å². The molecular weight excluding hydrogens is 226 g/mol. The molecule has 1 heterocycles. The molecule has 16 heavy (non-hydrogen) atoms. The van der Waals surface area contributed by atoms with Gasteiger partial charge in [0.1, 0.15) is 10.8 Å². The van der Waals surface area contributed by atoms with Crippen molar-refractivity contribution >= 4 is 23.8 Å². The molecule has 1 aromatic carbocycles. The second-order valence-corrected chi connectivity index (χ2v) is 3.72. The van der Waals surface area contributed by atoms with Gasteiger partial charge in [-0.3, -0.25) is 0 Å². The number of halogens is 1. The summed E-state index contributed by atoms with van der Waals surface area (Å²) in [6.45, 7) is 1.77. The van der Waals surface area contributed by atoms with Crippen LogP contribution in [-0.4, -0.2) is 10.3 Å². The van der Waals surface area contributed by atoms with Crippen LogP contribution in [-0.2, 0) is 0 Å². The molecule has 0 aliphatic carbocycles. The van der Waals surface area contributed by atoms with E-state index in [4.69, 9.17) is 16.1 Å². The smallest absolute Gasteiger partial charge is 0.178 e. The first-order valence-corrected chi connectivity index (χ1v) is 5.14. The molecule has 0 unspecified atom stereocenters. The molecule has 3 nitrogen and oxygen atoms in total. The summed E-state index contributed by atoms with van der Waals surface area (Å²) in [5.74, 6) is 0.702. The minimum absolute atomic E-state index is 0.214. The molecule has 0 spiro atoms. The van der Waals surface area contributed by atoms with Crippen molar-refractivity contribution in [2.75, 3.05) is 0 Å². The van der Waals surface area contributed by atoms with Gasteiger partial charge in [0, 0.05) is 5.56 Å². The number of phenols is 1. The van der Waals surface area contributed by atoms with Crippen LogP contribution in [0.3, 0.4) is 0 Å². The van der Waals surface area contributed by atoms with Crippen molar-refractivity contribution in [3.8, 4) is 5.75 Å². The normalized spacial score (nSPS) is 11.1. The Hall–Kier alpha value is -1.74. The summed E-state index contributed by atoms with van der Waals surface area (Å²) in [5, 5.41) is 13.8. The molecule has 0 bridgehead atoms. The maximum atomic E-state index is 9.53. The molecular formula is C12H10ClNO2. The van der Waals surface area contributed by atoms with Crippen LogP contribution >= 0.6 is 11.6 Å². The van der Waals surface area contributed by atoms with Crippen molar-refractivity contribution in [3.63, 3.8) is 0 Å². The highest BCUT2D eigenvalue weighted by Gasteiger charge is 2.06. The minimum Gasteiger partial charge on any atom is -0.507 e. The molecule has 0 atom stereocenters. The average Bonchev–Trinajstić information content (AvgIpc) is 2.59. The Bertz CT molecular complexity index is 532. The van der Waals surface area contributed by atoms with Gasteiger partial charge in [-0.15, -0.1) is 0 Å². The zero-order chi connectivity index (χ0) is 11.5. The van der Waals surface area contributed by atoms with Crippen LogP contribution in [0.15, 0.2) is 28.8 Å². The third-order valence-corrected chi connectivity index (χ3v) is 2.63. The van der Waals surface area contributed by atoms with Gasteiger partial charge >= 0.3 is 0 Å². The van der Waals surface area contributed by atoms with E-state index >= 15 is 0 Å². The zero-order valence-electron chi connectivity index (χ0n) is 8.64. The van der Waals surface area contributed by atoms with Gasteiger partial charge in [0.25, 0.3) is 0 Å². The quantitative estimate of drug-likeness (QED) is 0.866. The molecule has 2 rings (SSSR count). The third kappa shape index (κ3) is 2.09. The van der Waals surface area contributed by atoms with Gasteiger partial charge < -0.3 is 9.63 Å². The van der Waals surface area contributed by atoms with Crippen LogP contribution in [0.1, 0.15) is 17.0 Å². The Kier molecular flexibility index (Phi) is 2.97. The predicted molar refractivity (Wildman–Crippen MR) is 63.3 cm³/mol. The predicted octanol–water partition coefficient (Wildman–Crippen LogP) is 3.51. The summed E-state index contributed by atoms with van der Waals surface area (Å²) in [7, 11) is 0. The lowest BCUT2D eigenvalue weighted by atomic mass is 10.2. The lowest BCUT2D eigenvalue weighted by Crippen LogP contribution is -1.73. The molecule has 0 saturated carbocycles. The van der Waals surface area contributed by atoms with Gasteiger partial charge in [0.05, 0.1) is 5.69 Å². The van der Waals surface area contributed by atoms with Crippen LogP contribution in [0.25, 0.3) is 12.2 Å². The summed E-state index contributed by atoms with van der Waals surface area (Å²) >= 11 is 5.94. The molecule has 82 valence electrons. The number of para-hydroxylation sites is 1. The van der Waals surface area contributed by atoms with Crippen molar-refractivity contribution in [3.05, 3.63) is 46.3 Å². The van der Waals surface area contributed by atoms with Gasteiger partial charge in [-0.2, -0.15) is 0 Å². The van der Waals surface area contributed by atoms with E-state index in [9.17, 15) is 5.11 Å². The standard InChI is InChI=1S/C12H10ClNO2/c1-8-12(13)11(16-14-8)7-6-9-4-2-3-5-10(9)15/h2-7,15H,1H3/b7-6+. The Morgan fingerprint density at radius 2 is 2.06 bits per heavy atom. The maximum Gasteiger partial charge on any atom is 0.178 e. The molecule has 0 amide bonds. The van der Waals surface area contributed by atoms with E-state index in [0.29, 0.717) is 22.0 Å². The highest BCUT2D eigenvalue weighted by Crippen LogP contribution is 2.23. The summed E-state index contributed by atoms with van der Waals surface area (Å²) in [6.07, 6.45) is 3.40. The largest absolute Gasteiger partial charge is 0.507 e. The van der Waals surface area contributed by atoms with Crippen LogP contribution in [0.2, 0.25) is 5.02 Å².